The first kappa shape index (κ1) is 29.1. The second kappa shape index (κ2) is 12.8. The normalized spacial score (nSPS) is 23.8. The average Bonchev–Trinajstić information content (AvgIpc) is 2.89. The van der Waals surface area contributed by atoms with Crippen LogP contribution >= 0.6 is 0 Å². The molecule has 0 unspecified atom stereocenters. The highest BCUT2D eigenvalue weighted by Gasteiger charge is 2.42. The number of nitrogens with one attached hydrogen (secondary N) is 3. The third-order valence-corrected chi connectivity index (χ3v) is 8.81. The summed E-state index contributed by atoms with van der Waals surface area (Å²) in [5.74, 6) is -0.336. The van der Waals surface area contributed by atoms with Crippen molar-refractivity contribution in [2.24, 2.45) is 5.41 Å². The number of rotatable bonds is 5. The number of piperidine rings is 1. The van der Waals surface area contributed by atoms with Gasteiger partial charge in [0.25, 0.3) is 0 Å². The summed E-state index contributed by atoms with van der Waals surface area (Å²) in [4.78, 5) is 40.8. The van der Waals surface area contributed by atoms with Gasteiger partial charge in [0.2, 0.25) is 27.7 Å². The van der Waals surface area contributed by atoms with Crippen molar-refractivity contribution in [1.82, 2.24) is 20.3 Å². The highest BCUT2D eigenvalue weighted by atomic mass is 32.2. The van der Waals surface area contributed by atoms with Gasteiger partial charge in [-0.15, -0.1) is 0 Å². The summed E-state index contributed by atoms with van der Waals surface area (Å²) in [7, 11) is -2.13. The minimum atomic E-state index is -3.49. The number of sulfonamides is 1. The summed E-state index contributed by atoms with van der Waals surface area (Å²) < 4.78 is 31.7. The first-order valence-corrected chi connectivity index (χ1v) is 14.5. The van der Waals surface area contributed by atoms with Crippen LogP contribution in [-0.2, 0) is 35.6 Å². The van der Waals surface area contributed by atoms with Crippen molar-refractivity contribution in [1.29, 1.82) is 0 Å². The number of carbonyl (C=O) groups is 3. The van der Waals surface area contributed by atoms with E-state index in [9.17, 15) is 22.8 Å². The lowest BCUT2D eigenvalue weighted by Crippen LogP contribution is -2.55. The van der Waals surface area contributed by atoms with Crippen molar-refractivity contribution < 1.29 is 27.5 Å². The van der Waals surface area contributed by atoms with Crippen LogP contribution in [0.1, 0.15) is 57.9 Å². The molecule has 0 radical (unpaired) electrons. The molecular formula is C26H40N4O6S. The van der Waals surface area contributed by atoms with Crippen molar-refractivity contribution in [2.75, 3.05) is 33.4 Å². The molecule has 2 aliphatic heterocycles. The van der Waals surface area contributed by atoms with Crippen molar-refractivity contribution in [3.05, 3.63) is 29.8 Å². The van der Waals surface area contributed by atoms with E-state index in [1.807, 2.05) is 6.92 Å². The lowest BCUT2D eigenvalue weighted by molar-refractivity contribution is -0.142. The first-order chi connectivity index (χ1) is 17.6. The number of amides is 3. The van der Waals surface area contributed by atoms with Gasteiger partial charge in [-0.1, -0.05) is 18.6 Å². The van der Waals surface area contributed by atoms with Crippen LogP contribution < -0.4 is 15.4 Å². The number of likely N-dealkylation sites (tertiary alicyclic amines) is 1. The van der Waals surface area contributed by atoms with E-state index in [-0.39, 0.29) is 28.7 Å². The molecule has 1 aromatic carbocycles. The molecule has 0 aliphatic carbocycles. The lowest BCUT2D eigenvalue weighted by Gasteiger charge is -2.41. The summed E-state index contributed by atoms with van der Waals surface area (Å²) in [6.07, 6.45) is 4.28. The average molecular weight is 537 g/mol. The van der Waals surface area contributed by atoms with Crippen molar-refractivity contribution in [3.63, 3.8) is 0 Å². The quantitative estimate of drug-likeness (QED) is 0.520. The molecule has 11 heteroatoms. The zero-order chi connectivity index (χ0) is 27.1. The molecule has 10 nitrogen and oxygen atoms in total. The Morgan fingerprint density at radius 2 is 1.76 bits per heavy atom. The molecule has 2 fully saturated rings. The fraction of sp³-hybridized carbons (Fsp3) is 0.654. The van der Waals surface area contributed by atoms with E-state index in [1.165, 1.54) is 19.2 Å². The molecule has 1 spiro atoms. The third kappa shape index (κ3) is 7.75. The Bertz CT molecular complexity index is 1050. The lowest BCUT2D eigenvalue weighted by atomic mass is 9.73. The van der Waals surface area contributed by atoms with Crippen LogP contribution in [-0.4, -0.2) is 76.5 Å². The molecule has 2 aliphatic rings. The second-order valence-corrected chi connectivity index (χ2v) is 12.0. The minimum Gasteiger partial charge on any atom is -0.379 e. The molecule has 3 rings (SSSR count). The standard InChI is InChI=1S/C26H40N4O6S/c1-19-18-36-17-5-4-12-26(25(33)29-20(2)24(32)28-19)13-15-30(16-14-26)23(31)11-8-21-6-9-22(10-7-21)37(34,35)27-3/h6-7,9-10,19-20,27H,4-5,8,11-18H2,1-3H3,(H,28,32)(H,29,33)/t19-,20-/m0/s1. The third-order valence-electron chi connectivity index (χ3n) is 7.38. The molecular weight excluding hydrogens is 496 g/mol. The second-order valence-electron chi connectivity index (χ2n) is 10.1. The van der Waals surface area contributed by atoms with Crippen LogP contribution in [0.5, 0.6) is 0 Å². The predicted octanol–water partition coefficient (Wildman–Crippen LogP) is 1.35. The van der Waals surface area contributed by atoms with E-state index in [4.69, 9.17) is 4.74 Å². The van der Waals surface area contributed by atoms with Gasteiger partial charge in [0.1, 0.15) is 6.04 Å². The summed E-state index contributed by atoms with van der Waals surface area (Å²) >= 11 is 0. The monoisotopic (exact) mass is 536 g/mol. The summed E-state index contributed by atoms with van der Waals surface area (Å²) in [5.41, 5.74) is 0.273. The molecule has 2 heterocycles. The van der Waals surface area contributed by atoms with Gasteiger partial charge in [-0.25, -0.2) is 13.1 Å². The van der Waals surface area contributed by atoms with Gasteiger partial charge in [0, 0.05) is 32.2 Å². The maximum Gasteiger partial charge on any atom is 0.242 e. The van der Waals surface area contributed by atoms with Crippen LogP contribution in [0.3, 0.4) is 0 Å². The fourth-order valence-electron chi connectivity index (χ4n) is 4.89. The maximum absolute atomic E-state index is 13.4. The Labute approximate surface area is 219 Å². The van der Waals surface area contributed by atoms with Crippen molar-refractivity contribution in [3.8, 4) is 0 Å². The summed E-state index contributed by atoms with van der Waals surface area (Å²) in [6, 6.07) is 5.74. The number of nitrogens with zero attached hydrogens (tertiary/aromatic N) is 1. The molecule has 37 heavy (non-hydrogen) atoms. The van der Waals surface area contributed by atoms with Gasteiger partial charge in [0.15, 0.2) is 0 Å². The fourth-order valence-corrected chi connectivity index (χ4v) is 5.62. The number of hydrogen-bond donors (Lipinski definition) is 3. The SMILES string of the molecule is CNS(=O)(=O)c1ccc(CCC(=O)N2CCC3(CCCCOC[C@H](C)NC(=O)[C@H](C)NC3=O)CC2)cc1. The zero-order valence-electron chi connectivity index (χ0n) is 22.0. The van der Waals surface area contributed by atoms with Gasteiger partial charge in [-0.05, 0) is 70.7 Å². The van der Waals surface area contributed by atoms with Crippen LogP contribution in [0, 0.1) is 5.41 Å². The van der Waals surface area contributed by atoms with Crippen LogP contribution in [0.4, 0.5) is 0 Å². The number of hydrogen-bond acceptors (Lipinski definition) is 6. The van der Waals surface area contributed by atoms with Crippen LogP contribution in [0.15, 0.2) is 29.2 Å². The molecule has 2 saturated heterocycles. The van der Waals surface area contributed by atoms with Gasteiger partial charge in [0.05, 0.1) is 16.9 Å². The van der Waals surface area contributed by atoms with E-state index < -0.39 is 21.5 Å². The smallest absolute Gasteiger partial charge is 0.242 e. The minimum absolute atomic E-state index is 0.0157. The van der Waals surface area contributed by atoms with Crippen LogP contribution in [0.2, 0.25) is 0 Å². The largest absolute Gasteiger partial charge is 0.379 e. The van der Waals surface area contributed by atoms with E-state index >= 15 is 0 Å². The molecule has 0 saturated carbocycles. The maximum atomic E-state index is 13.4. The zero-order valence-corrected chi connectivity index (χ0v) is 22.9. The highest BCUT2D eigenvalue weighted by Crippen LogP contribution is 2.37. The Morgan fingerprint density at radius 3 is 2.41 bits per heavy atom. The summed E-state index contributed by atoms with van der Waals surface area (Å²) in [5, 5.41) is 5.79. The number of benzene rings is 1. The number of carbonyl (C=O) groups excluding carboxylic acids is 3. The van der Waals surface area contributed by atoms with Gasteiger partial charge in [-0.2, -0.15) is 0 Å². The Hall–Kier alpha value is -2.50. The molecule has 0 bridgehead atoms. The molecule has 3 amide bonds. The number of ether oxygens (including phenoxy) is 1. The van der Waals surface area contributed by atoms with Gasteiger partial charge in [-0.3, -0.25) is 14.4 Å². The van der Waals surface area contributed by atoms with E-state index in [0.717, 1.165) is 18.4 Å². The van der Waals surface area contributed by atoms with Crippen molar-refractivity contribution in [2.45, 2.75) is 75.8 Å². The molecule has 0 aromatic heterocycles. The number of aryl methyl sites for hydroxylation is 1. The van der Waals surface area contributed by atoms with Gasteiger partial charge < -0.3 is 20.3 Å². The Kier molecular flexibility index (Phi) is 10.1. The van der Waals surface area contributed by atoms with Gasteiger partial charge >= 0.3 is 0 Å². The van der Waals surface area contributed by atoms with E-state index in [1.54, 1.807) is 24.0 Å². The van der Waals surface area contributed by atoms with E-state index in [0.29, 0.717) is 58.4 Å². The van der Waals surface area contributed by atoms with Crippen LogP contribution in [0.25, 0.3) is 0 Å². The molecule has 1 aromatic rings. The molecule has 3 N–H and O–H groups in total. The first-order valence-electron chi connectivity index (χ1n) is 13.1. The summed E-state index contributed by atoms with van der Waals surface area (Å²) in [6.45, 7) is 5.56. The van der Waals surface area contributed by atoms with E-state index in [2.05, 4.69) is 15.4 Å². The molecule has 2 atom stereocenters. The Morgan fingerprint density at radius 1 is 1.08 bits per heavy atom. The predicted molar refractivity (Wildman–Crippen MR) is 139 cm³/mol. The van der Waals surface area contributed by atoms with Crippen molar-refractivity contribution >= 4 is 27.7 Å². The Balaban J connectivity index is 1.58. The topological polar surface area (TPSA) is 134 Å². The molecule has 206 valence electrons. The highest BCUT2D eigenvalue weighted by molar-refractivity contribution is 7.89.